The summed E-state index contributed by atoms with van der Waals surface area (Å²) >= 11 is 4.07. The summed E-state index contributed by atoms with van der Waals surface area (Å²) < 4.78 is 37.6. The number of aryl methyl sites for hydroxylation is 1. The molecule has 1 rings (SSSR count). The van der Waals surface area contributed by atoms with E-state index in [1.54, 1.807) is 6.92 Å². The maximum atomic E-state index is 12.3. The summed E-state index contributed by atoms with van der Waals surface area (Å²) in [5.41, 5.74) is 1.98. The van der Waals surface area contributed by atoms with Crippen molar-refractivity contribution in [3.63, 3.8) is 0 Å². The van der Waals surface area contributed by atoms with Crippen molar-refractivity contribution in [3.8, 4) is 0 Å². The van der Waals surface area contributed by atoms with Crippen molar-refractivity contribution < 1.29 is 18.4 Å². The molecular weight excluding hydrogens is 283 g/mol. The van der Waals surface area contributed by atoms with Gasteiger partial charge in [-0.1, -0.05) is 0 Å². The predicted molar refractivity (Wildman–Crippen MR) is 50.5 cm³/mol. The number of hydrogen-bond donors (Lipinski definition) is 2. The summed E-state index contributed by atoms with van der Waals surface area (Å²) in [6.07, 6.45) is -4.49. The Morgan fingerprint density at radius 3 is 2.43 bits per heavy atom. The highest BCUT2D eigenvalue weighted by Gasteiger charge is 2.41. The van der Waals surface area contributed by atoms with Crippen molar-refractivity contribution in [3.05, 3.63) is 20.3 Å². The number of alkyl halides is 3. The second-order valence-corrected chi connectivity index (χ2v) is 5.11. The smallest absolute Gasteiger partial charge is 0.316 e. The molecule has 1 aromatic heterocycles. The van der Waals surface area contributed by atoms with E-state index in [9.17, 15) is 13.2 Å². The third-order valence-corrected chi connectivity index (χ3v) is 3.82. The van der Waals surface area contributed by atoms with Crippen molar-refractivity contribution in [2.75, 3.05) is 0 Å². The summed E-state index contributed by atoms with van der Waals surface area (Å²) in [5.74, 6) is 0. The van der Waals surface area contributed by atoms with Crippen LogP contribution in [0.1, 0.15) is 16.5 Å². The minimum Gasteiger partial charge on any atom is -0.316 e. The van der Waals surface area contributed by atoms with Crippen LogP contribution in [0.5, 0.6) is 0 Å². The Labute approximate surface area is 90.8 Å². The van der Waals surface area contributed by atoms with E-state index in [0.29, 0.717) is 3.79 Å². The Hall–Kier alpha value is -0.110. The van der Waals surface area contributed by atoms with Crippen molar-refractivity contribution in [2.24, 2.45) is 0 Å². The molecule has 0 saturated carbocycles. The molecule has 0 amide bonds. The molecule has 0 aliphatic rings. The largest absolute Gasteiger partial charge is 0.410 e. The van der Waals surface area contributed by atoms with Crippen LogP contribution in [-0.2, 0) is 0 Å². The minimum atomic E-state index is -4.49. The molecule has 0 spiro atoms. The lowest BCUT2D eigenvalue weighted by Crippen LogP contribution is -2.31. The van der Waals surface area contributed by atoms with Crippen LogP contribution in [0.25, 0.3) is 0 Å². The molecule has 0 unspecified atom stereocenters. The topological polar surface area (TPSA) is 32.3 Å². The van der Waals surface area contributed by atoms with Crippen molar-refractivity contribution in [2.45, 2.75) is 19.1 Å². The fraction of sp³-hybridized carbons (Fsp3) is 0.429. The first kappa shape index (κ1) is 12.0. The van der Waals surface area contributed by atoms with Crippen LogP contribution in [0.4, 0.5) is 13.2 Å². The second-order valence-electron chi connectivity index (χ2n) is 2.71. The summed E-state index contributed by atoms with van der Waals surface area (Å²) in [6, 6.07) is -0.631. The van der Waals surface area contributed by atoms with Crippen LogP contribution in [0, 0.1) is 6.92 Å². The second kappa shape index (κ2) is 4.18. The zero-order chi connectivity index (χ0) is 10.9. The Morgan fingerprint density at radius 2 is 2.14 bits per heavy atom. The van der Waals surface area contributed by atoms with Gasteiger partial charge in [-0.3, -0.25) is 0 Å². The SMILES string of the molecule is Cc1cc([C@H](NO)C(F)(F)F)sc1Br. The van der Waals surface area contributed by atoms with Crippen LogP contribution in [0.15, 0.2) is 9.85 Å². The van der Waals surface area contributed by atoms with Crippen LogP contribution in [-0.4, -0.2) is 11.4 Å². The Balaban J connectivity index is 3.01. The standard InChI is InChI=1S/C7H7BrF3NOS/c1-3-2-4(14-6(3)8)5(12-13)7(9,10)11/h2,5,12-13H,1H3/t5-/m0/s1. The highest BCUT2D eigenvalue weighted by molar-refractivity contribution is 9.11. The maximum Gasteiger partial charge on any atom is 0.410 e. The molecule has 0 fully saturated rings. The number of rotatable bonds is 2. The monoisotopic (exact) mass is 289 g/mol. The number of hydrogen-bond acceptors (Lipinski definition) is 3. The molecule has 80 valence electrons. The molecule has 1 atom stereocenters. The summed E-state index contributed by atoms with van der Waals surface area (Å²) in [6.45, 7) is 1.69. The Kier molecular flexibility index (Phi) is 3.57. The molecule has 2 nitrogen and oxygen atoms in total. The van der Waals surface area contributed by atoms with Gasteiger partial charge in [-0.25, -0.2) is 0 Å². The molecule has 0 aromatic carbocycles. The van der Waals surface area contributed by atoms with E-state index < -0.39 is 12.2 Å². The normalized spacial score (nSPS) is 14.4. The first-order valence-electron chi connectivity index (χ1n) is 3.58. The third kappa shape index (κ3) is 2.47. The molecular formula is C7H7BrF3NOS. The van der Waals surface area contributed by atoms with Gasteiger partial charge in [0, 0.05) is 4.88 Å². The van der Waals surface area contributed by atoms with Crippen molar-refractivity contribution in [1.29, 1.82) is 0 Å². The van der Waals surface area contributed by atoms with E-state index in [-0.39, 0.29) is 4.88 Å². The van der Waals surface area contributed by atoms with Gasteiger partial charge in [-0.2, -0.15) is 18.7 Å². The van der Waals surface area contributed by atoms with E-state index in [2.05, 4.69) is 15.9 Å². The predicted octanol–water partition coefficient (Wildman–Crippen LogP) is 3.40. The van der Waals surface area contributed by atoms with Crippen molar-refractivity contribution in [1.82, 2.24) is 5.48 Å². The Morgan fingerprint density at radius 1 is 1.57 bits per heavy atom. The summed E-state index contributed by atoms with van der Waals surface area (Å²) in [5, 5.41) is 8.44. The highest BCUT2D eigenvalue weighted by Crippen LogP contribution is 2.38. The molecule has 14 heavy (non-hydrogen) atoms. The molecule has 0 aliphatic heterocycles. The van der Waals surface area contributed by atoms with Gasteiger partial charge in [0.1, 0.15) is 0 Å². The lowest BCUT2D eigenvalue weighted by Gasteiger charge is -2.16. The van der Waals surface area contributed by atoms with Gasteiger partial charge < -0.3 is 5.21 Å². The van der Waals surface area contributed by atoms with Crippen LogP contribution in [0.2, 0.25) is 0 Å². The molecule has 1 aromatic rings. The van der Waals surface area contributed by atoms with Crippen LogP contribution in [0.3, 0.4) is 0 Å². The van der Waals surface area contributed by atoms with E-state index in [1.165, 1.54) is 11.5 Å². The molecule has 1 heterocycles. The fourth-order valence-electron chi connectivity index (χ4n) is 0.924. The summed E-state index contributed by atoms with van der Waals surface area (Å²) in [4.78, 5) is 0.0318. The first-order chi connectivity index (χ1) is 6.36. The van der Waals surface area contributed by atoms with Crippen LogP contribution >= 0.6 is 27.3 Å². The zero-order valence-corrected chi connectivity index (χ0v) is 9.42. The zero-order valence-electron chi connectivity index (χ0n) is 7.02. The fourth-order valence-corrected chi connectivity index (χ4v) is 2.57. The van der Waals surface area contributed by atoms with Crippen LogP contribution < -0.4 is 5.48 Å². The number of nitrogens with one attached hydrogen (secondary N) is 1. The van der Waals surface area contributed by atoms with E-state index >= 15 is 0 Å². The van der Waals surface area contributed by atoms with Crippen molar-refractivity contribution >= 4 is 27.3 Å². The molecule has 0 saturated heterocycles. The summed E-state index contributed by atoms with van der Waals surface area (Å²) in [7, 11) is 0. The van der Waals surface area contributed by atoms with Gasteiger partial charge in [0.25, 0.3) is 0 Å². The molecule has 0 aliphatic carbocycles. The highest BCUT2D eigenvalue weighted by atomic mass is 79.9. The number of thiophene rings is 1. The van der Waals surface area contributed by atoms with E-state index in [1.807, 2.05) is 0 Å². The Bertz CT molecular complexity index is 306. The molecule has 2 N–H and O–H groups in total. The minimum absolute atomic E-state index is 0.0318. The quantitative estimate of drug-likeness (QED) is 0.818. The third-order valence-electron chi connectivity index (χ3n) is 1.62. The van der Waals surface area contributed by atoms with Gasteiger partial charge in [-0.05, 0) is 34.5 Å². The molecule has 7 heteroatoms. The lowest BCUT2D eigenvalue weighted by molar-refractivity contribution is -0.177. The van der Waals surface area contributed by atoms with E-state index in [4.69, 9.17) is 5.21 Å². The molecule has 0 bridgehead atoms. The van der Waals surface area contributed by atoms with Gasteiger partial charge in [-0.15, -0.1) is 11.3 Å². The first-order valence-corrected chi connectivity index (χ1v) is 5.19. The van der Waals surface area contributed by atoms with Gasteiger partial charge in [0.15, 0.2) is 6.04 Å². The van der Waals surface area contributed by atoms with Gasteiger partial charge >= 0.3 is 6.18 Å². The van der Waals surface area contributed by atoms with Gasteiger partial charge in [0.2, 0.25) is 0 Å². The number of halogens is 4. The number of hydroxylamine groups is 1. The molecule has 0 radical (unpaired) electrons. The van der Waals surface area contributed by atoms with E-state index in [0.717, 1.165) is 16.9 Å². The lowest BCUT2D eigenvalue weighted by atomic mass is 10.2. The van der Waals surface area contributed by atoms with Gasteiger partial charge in [0.05, 0.1) is 3.79 Å². The maximum absolute atomic E-state index is 12.3. The average Bonchev–Trinajstić information content (AvgIpc) is 2.30. The average molecular weight is 290 g/mol.